The van der Waals surface area contributed by atoms with E-state index in [2.05, 4.69) is 4.98 Å². The van der Waals surface area contributed by atoms with Crippen molar-refractivity contribution in [3.63, 3.8) is 0 Å². The molecule has 0 atom stereocenters. The van der Waals surface area contributed by atoms with E-state index < -0.39 is 41.3 Å². The van der Waals surface area contributed by atoms with Gasteiger partial charge in [-0.2, -0.15) is 0 Å². The molecule has 3 nitrogen and oxygen atoms in total. The number of ether oxygens (including phenoxy) is 1. The summed E-state index contributed by atoms with van der Waals surface area (Å²) in [5.74, 6) is -10.3. The minimum Gasteiger partial charge on any atom is -0.481 e. The Balaban J connectivity index is 2.73. The summed E-state index contributed by atoms with van der Waals surface area (Å²) in [4.78, 5) is 3.65. The van der Waals surface area contributed by atoms with Crippen LogP contribution in [0, 0.1) is 29.1 Å². The Bertz CT molecular complexity index is 676. The maximum absolute atomic E-state index is 13.7. The lowest BCUT2D eigenvalue weighted by Gasteiger charge is -2.11. The van der Waals surface area contributed by atoms with Crippen LogP contribution >= 0.6 is 0 Å². The number of methoxy groups -OCH3 is 1. The molecule has 0 aliphatic carbocycles. The van der Waals surface area contributed by atoms with Crippen molar-refractivity contribution in [1.82, 2.24) is 4.98 Å². The van der Waals surface area contributed by atoms with Gasteiger partial charge >= 0.3 is 0 Å². The Hall–Kier alpha value is -2.22. The van der Waals surface area contributed by atoms with Crippen molar-refractivity contribution in [2.75, 3.05) is 7.11 Å². The first-order valence-electron chi connectivity index (χ1n) is 5.57. The van der Waals surface area contributed by atoms with E-state index in [0.29, 0.717) is 0 Å². The number of halogens is 5. The smallest absolute Gasteiger partial charge is 0.218 e. The van der Waals surface area contributed by atoms with E-state index in [-0.39, 0.29) is 17.0 Å². The van der Waals surface area contributed by atoms with Gasteiger partial charge in [-0.25, -0.2) is 26.9 Å². The maximum Gasteiger partial charge on any atom is 0.218 e. The molecule has 8 heteroatoms. The van der Waals surface area contributed by atoms with Gasteiger partial charge in [-0.15, -0.1) is 0 Å². The van der Waals surface area contributed by atoms with Gasteiger partial charge in [-0.05, 0) is 6.07 Å². The zero-order valence-corrected chi connectivity index (χ0v) is 10.6. The Morgan fingerprint density at radius 3 is 2.00 bits per heavy atom. The molecule has 0 saturated carbocycles. The molecule has 0 unspecified atom stereocenters. The molecule has 0 bridgehead atoms. The van der Waals surface area contributed by atoms with Crippen molar-refractivity contribution < 1.29 is 31.8 Å². The van der Waals surface area contributed by atoms with Crippen LogP contribution in [-0.4, -0.2) is 17.2 Å². The topological polar surface area (TPSA) is 42.4 Å². The van der Waals surface area contributed by atoms with E-state index in [0.717, 1.165) is 12.3 Å². The van der Waals surface area contributed by atoms with E-state index in [1.807, 2.05) is 0 Å². The first kappa shape index (κ1) is 15.2. The number of aliphatic hydroxyl groups excluding tert-OH is 1. The van der Waals surface area contributed by atoms with Crippen molar-refractivity contribution in [2.24, 2.45) is 0 Å². The number of benzene rings is 1. The first-order valence-corrected chi connectivity index (χ1v) is 5.57. The fourth-order valence-electron chi connectivity index (χ4n) is 1.79. The Morgan fingerprint density at radius 2 is 1.52 bits per heavy atom. The standard InChI is InChI=1S/C13H8F5NO2/c1-21-13-6(4-20)2-5(3-19-13)7-8(14)10(16)12(18)11(17)9(7)15/h2-3,20H,4H2,1H3. The van der Waals surface area contributed by atoms with Crippen LogP contribution in [0.3, 0.4) is 0 Å². The molecular weight excluding hydrogens is 297 g/mol. The van der Waals surface area contributed by atoms with Crippen LogP contribution in [0.2, 0.25) is 0 Å². The van der Waals surface area contributed by atoms with E-state index in [1.54, 1.807) is 0 Å². The summed E-state index contributed by atoms with van der Waals surface area (Å²) in [5, 5.41) is 9.10. The van der Waals surface area contributed by atoms with E-state index >= 15 is 0 Å². The van der Waals surface area contributed by atoms with Crippen LogP contribution in [0.4, 0.5) is 22.0 Å². The number of hydrogen-bond acceptors (Lipinski definition) is 3. The van der Waals surface area contributed by atoms with Crippen molar-refractivity contribution >= 4 is 0 Å². The lowest BCUT2D eigenvalue weighted by molar-refractivity contribution is 0.271. The third-order valence-electron chi connectivity index (χ3n) is 2.79. The molecule has 1 N–H and O–H groups in total. The zero-order chi connectivity index (χ0) is 15.7. The van der Waals surface area contributed by atoms with Gasteiger partial charge in [-0.3, -0.25) is 0 Å². The molecule has 2 rings (SSSR count). The van der Waals surface area contributed by atoms with Gasteiger partial charge in [0.1, 0.15) is 0 Å². The predicted molar refractivity (Wildman–Crippen MR) is 61.9 cm³/mol. The zero-order valence-electron chi connectivity index (χ0n) is 10.6. The van der Waals surface area contributed by atoms with E-state index in [4.69, 9.17) is 9.84 Å². The van der Waals surface area contributed by atoms with Crippen molar-refractivity contribution in [2.45, 2.75) is 6.61 Å². The minimum atomic E-state index is -2.24. The summed E-state index contributed by atoms with van der Waals surface area (Å²) in [7, 11) is 1.25. The van der Waals surface area contributed by atoms with Crippen LogP contribution in [0.25, 0.3) is 11.1 Å². The number of aliphatic hydroxyl groups is 1. The number of nitrogens with zero attached hydrogens (tertiary/aromatic N) is 1. The Morgan fingerprint density at radius 1 is 1.00 bits per heavy atom. The van der Waals surface area contributed by atoms with Gasteiger partial charge in [0, 0.05) is 17.3 Å². The number of aromatic nitrogens is 1. The molecule has 1 heterocycles. The number of hydrogen-bond donors (Lipinski definition) is 1. The molecule has 21 heavy (non-hydrogen) atoms. The molecule has 0 aliphatic heterocycles. The molecule has 2 aromatic rings. The third kappa shape index (κ3) is 2.42. The molecule has 0 amide bonds. The average Bonchev–Trinajstić information content (AvgIpc) is 2.51. The van der Waals surface area contributed by atoms with Crippen molar-refractivity contribution in [3.8, 4) is 17.0 Å². The second-order valence-corrected chi connectivity index (χ2v) is 4.00. The third-order valence-corrected chi connectivity index (χ3v) is 2.79. The average molecular weight is 305 g/mol. The molecule has 0 aliphatic rings. The van der Waals surface area contributed by atoms with Crippen LogP contribution in [0.1, 0.15) is 5.56 Å². The predicted octanol–water partition coefficient (Wildman–Crippen LogP) is 2.95. The number of pyridine rings is 1. The largest absolute Gasteiger partial charge is 0.481 e. The second kappa shape index (κ2) is 5.65. The van der Waals surface area contributed by atoms with Gasteiger partial charge in [0.25, 0.3) is 0 Å². The van der Waals surface area contributed by atoms with Gasteiger partial charge in [0.05, 0.1) is 19.3 Å². The van der Waals surface area contributed by atoms with E-state index in [9.17, 15) is 22.0 Å². The quantitative estimate of drug-likeness (QED) is 0.538. The summed E-state index contributed by atoms with van der Waals surface area (Å²) in [5.41, 5.74) is -1.44. The van der Waals surface area contributed by atoms with Crippen molar-refractivity contribution in [3.05, 3.63) is 46.9 Å². The highest BCUT2D eigenvalue weighted by atomic mass is 19.2. The summed E-state index contributed by atoms with van der Waals surface area (Å²) in [6.07, 6.45) is 0.885. The van der Waals surface area contributed by atoms with Crippen LogP contribution < -0.4 is 4.74 Å². The fourth-order valence-corrected chi connectivity index (χ4v) is 1.79. The Kier molecular flexibility index (Phi) is 4.08. The lowest BCUT2D eigenvalue weighted by atomic mass is 10.0. The molecule has 0 saturated heterocycles. The highest BCUT2D eigenvalue weighted by molar-refractivity contribution is 5.66. The molecule has 1 aromatic carbocycles. The number of rotatable bonds is 3. The fraction of sp³-hybridized carbons (Fsp3) is 0.154. The Labute approximate surface area is 115 Å². The van der Waals surface area contributed by atoms with Gasteiger partial charge in [-0.1, -0.05) is 0 Å². The van der Waals surface area contributed by atoms with Crippen molar-refractivity contribution in [1.29, 1.82) is 0 Å². The SMILES string of the molecule is COc1ncc(-c2c(F)c(F)c(F)c(F)c2F)cc1CO. The molecule has 0 radical (unpaired) electrons. The molecule has 0 fully saturated rings. The molecule has 112 valence electrons. The molecule has 1 aromatic heterocycles. The first-order chi connectivity index (χ1) is 9.92. The second-order valence-electron chi connectivity index (χ2n) is 4.00. The van der Waals surface area contributed by atoms with Crippen LogP contribution in [0.5, 0.6) is 5.88 Å². The summed E-state index contributed by atoms with van der Waals surface area (Å²) in [6.45, 7) is -0.584. The van der Waals surface area contributed by atoms with Gasteiger partial charge in [0.15, 0.2) is 23.3 Å². The maximum atomic E-state index is 13.7. The van der Waals surface area contributed by atoms with Crippen LogP contribution in [0.15, 0.2) is 12.3 Å². The van der Waals surface area contributed by atoms with Crippen LogP contribution in [-0.2, 0) is 6.61 Å². The van der Waals surface area contributed by atoms with Gasteiger partial charge in [0.2, 0.25) is 11.7 Å². The summed E-state index contributed by atoms with van der Waals surface area (Å²) >= 11 is 0. The summed E-state index contributed by atoms with van der Waals surface area (Å²) in [6, 6.07) is 1.03. The van der Waals surface area contributed by atoms with Gasteiger partial charge < -0.3 is 9.84 Å². The van der Waals surface area contributed by atoms with E-state index in [1.165, 1.54) is 7.11 Å². The monoisotopic (exact) mass is 305 g/mol. The minimum absolute atomic E-state index is 0.0230. The lowest BCUT2D eigenvalue weighted by Crippen LogP contribution is -2.05. The highest BCUT2D eigenvalue weighted by Crippen LogP contribution is 2.32. The highest BCUT2D eigenvalue weighted by Gasteiger charge is 2.27. The molecular formula is C13H8F5NO2. The normalized spacial score (nSPS) is 10.8. The summed E-state index contributed by atoms with van der Waals surface area (Å²) < 4.78 is 71.4. The molecule has 0 spiro atoms.